The van der Waals surface area contributed by atoms with Crippen LogP contribution in [0.5, 0.6) is 0 Å². The van der Waals surface area contributed by atoms with E-state index in [2.05, 4.69) is 20.7 Å². The molecular formula is C14H18BrF3N2O2S. The molecule has 1 aliphatic heterocycles. The summed E-state index contributed by atoms with van der Waals surface area (Å²) in [6.07, 6.45) is -3.09. The van der Waals surface area contributed by atoms with Crippen LogP contribution in [0.3, 0.4) is 0 Å². The van der Waals surface area contributed by atoms with Gasteiger partial charge >= 0.3 is 6.18 Å². The summed E-state index contributed by atoms with van der Waals surface area (Å²) in [6.45, 7) is 0.00774. The molecule has 1 fully saturated rings. The van der Waals surface area contributed by atoms with Gasteiger partial charge in [-0.2, -0.15) is 13.2 Å². The van der Waals surface area contributed by atoms with Crippen molar-refractivity contribution >= 4 is 26.0 Å². The lowest BCUT2D eigenvalue weighted by Crippen LogP contribution is -2.42. The van der Waals surface area contributed by atoms with Crippen molar-refractivity contribution in [2.45, 2.75) is 23.9 Å². The van der Waals surface area contributed by atoms with Crippen LogP contribution in [0.15, 0.2) is 33.6 Å². The zero-order valence-corrected chi connectivity index (χ0v) is 14.7. The molecule has 1 heterocycles. The highest BCUT2D eigenvalue weighted by atomic mass is 79.9. The molecule has 0 atom stereocenters. The average molecular weight is 415 g/mol. The first-order chi connectivity index (χ1) is 10.7. The van der Waals surface area contributed by atoms with Crippen LogP contribution in [0.4, 0.5) is 13.2 Å². The molecular weight excluding hydrogens is 397 g/mol. The van der Waals surface area contributed by atoms with E-state index in [0.717, 1.165) is 0 Å². The normalized spacial score (nSPS) is 18.3. The number of nitrogens with zero attached hydrogens (tertiary/aromatic N) is 1. The average Bonchev–Trinajstić information content (AvgIpc) is 2.45. The van der Waals surface area contributed by atoms with Crippen LogP contribution in [-0.2, 0) is 10.0 Å². The van der Waals surface area contributed by atoms with E-state index < -0.39 is 22.7 Å². The van der Waals surface area contributed by atoms with Crippen LogP contribution in [-0.4, -0.2) is 45.7 Å². The Balaban J connectivity index is 1.85. The van der Waals surface area contributed by atoms with E-state index in [1.54, 1.807) is 18.2 Å². The van der Waals surface area contributed by atoms with Crippen LogP contribution < -0.4 is 4.72 Å². The van der Waals surface area contributed by atoms with Crippen molar-refractivity contribution < 1.29 is 21.6 Å². The largest absolute Gasteiger partial charge is 0.401 e. The quantitative estimate of drug-likeness (QED) is 0.805. The number of alkyl halides is 3. The van der Waals surface area contributed by atoms with Gasteiger partial charge in [-0.1, -0.05) is 12.1 Å². The minimum atomic E-state index is -4.19. The Morgan fingerprint density at radius 1 is 1.22 bits per heavy atom. The molecule has 23 heavy (non-hydrogen) atoms. The monoisotopic (exact) mass is 414 g/mol. The van der Waals surface area contributed by atoms with Crippen molar-refractivity contribution in [1.29, 1.82) is 0 Å². The van der Waals surface area contributed by atoms with Gasteiger partial charge in [0, 0.05) is 11.0 Å². The number of piperidine rings is 1. The zero-order valence-electron chi connectivity index (χ0n) is 12.3. The standard InChI is InChI=1S/C14H18BrF3N2O2S/c15-12-3-1-2-4-13(12)23(21,22)19-9-11-5-7-20(8-6-11)10-14(16,17)18/h1-4,11,19H,5-10H2. The Bertz CT molecular complexity index is 629. The first-order valence-corrected chi connectivity index (χ1v) is 9.48. The van der Waals surface area contributed by atoms with Gasteiger partial charge in [-0.3, -0.25) is 4.90 Å². The second kappa shape index (κ2) is 7.50. The summed E-state index contributed by atoms with van der Waals surface area (Å²) in [5, 5.41) is 0. The van der Waals surface area contributed by atoms with Crippen molar-refractivity contribution in [3.8, 4) is 0 Å². The Morgan fingerprint density at radius 2 is 1.83 bits per heavy atom. The van der Waals surface area contributed by atoms with Gasteiger partial charge in [-0.15, -0.1) is 0 Å². The van der Waals surface area contributed by atoms with Gasteiger partial charge in [0.25, 0.3) is 0 Å². The van der Waals surface area contributed by atoms with Crippen LogP contribution in [0, 0.1) is 5.92 Å². The van der Waals surface area contributed by atoms with Crippen molar-refractivity contribution in [2.75, 3.05) is 26.2 Å². The van der Waals surface area contributed by atoms with E-state index in [4.69, 9.17) is 0 Å². The molecule has 1 aliphatic rings. The van der Waals surface area contributed by atoms with Crippen LogP contribution in [0.25, 0.3) is 0 Å². The molecule has 1 N–H and O–H groups in total. The summed E-state index contributed by atoms with van der Waals surface area (Å²) in [5.74, 6) is 0.0525. The summed E-state index contributed by atoms with van der Waals surface area (Å²) < 4.78 is 64.5. The fraction of sp³-hybridized carbons (Fsp3) is 0.571. The lowest BCUT2D eigenvalue weighted by Gasteiger charge is -2.32. The van der Waals surface area contributed by atoms with Crippen LogP contribution in [0.1, 0.15) is 12.8 Å². The summed E-state index contributed by atoms with van der Waals surface area (Å²) in [5.41, 5.74) is 0. The summed E-state index contributed by atoms with van der Waals surface area (Å²) in [7, 11) is -3.62. The van der Waals surface area contributed by atoms with E-state index in [-0.39, 0.29) is 17.4 Å². The fourth-order valence-corrected chi connectivity index (χ4v) is 4.69. The molecule has 1 aromatic rings. The number of likely N-dealkylation sites (tertiary alicyclic amines) is 1. The number of hydrogen-bond acceptors (Lipinski definition) is 3. The number of sulfonamides is 1. The van der Waals surface area contributed by atoms with Crippen molar-refractivity contribution in [2.24, 2.45) is 5.92 Å². The molecule has 0 unspecified atom stereocenters. The fourth-order valence-electron chi connectivity index (χ4n) is 2.57. The van der Waals surface area contributed by atoms with Gasteiger partial charge in [0.15, 0.2) is 0 Å². The molecule has 0 aromatic heterocycles. The molecule has 0 bridgehead atoms. The van der Waals surface area contributed by atoms with E-state index in [1.165, 1.54) is 11.0 Å². The summed E-state index contributed by atoms with van der Waals surface area (Å²) in [6, 6.07) is 6.50. The highest BCUT2D eigenvalue weighted by Crippen LogP contribution is 2.24. The molecule has 0 spiro atoms. The molecule has 9 heteroatoms. The predicted octanol–water partition coefficient (Wildman–Crippen LogP) is 3.00. The lowest BCUT2D eigenvalue weighted by atomic mass is 9.97. The number of halogens is 4. The third-order valence-electron chi connectivity index (χ3n) is 3.80. The van der Waals surface area contributed by atoms with E-state index in [9.17, 15) is 21.6 Å². The second-order valence-corrected chi connectivity index (χ2v) is 8.21. The Hall–Kier alpha value is -0.640. The number of hydrogen-bond donors (Lipinski definition) is 1. The predicted molar refractivity (Wildman–Crippen MR) is 84.5 cm³/mol. The molecule has 0 radical (unpaired) electrons. The summed E-state index contributed by atoms with van der Waals surface area (Å²) >= 11 is 3.20. The van der Waals surface area contributed by atoms with Crippen LogP contribution in [0.2, 0.25) is 0 Å². The summed E-state index contributed by atoms with van der Waals surface area (Å²) in [4.78, 5) is 1.52. The van der Waals surface area contributed by atoms with Gasteiger partial charge in [-0.05, 0) is 59.9 Å². The maximum absolute atomic E-state index is 12.3. The number of benzene rings is 1. The Labute approximate surface area is 142 Å². The van der Waals surface area contributed by atoms with Gasteiger partial charge in [0.05, 0.1) is 11.4 Å². The first-order valence-electron chi connectivity index (χ1n) is 7.21. The smallest absolute Gasteiger partial charge is 0.295 e. The highest BCUT2D eigenvalue weighted by molar-refractivity contribution is 9.10. The molecule has 1 aromatic carbocycles. The molecule has 130 valence electrons. The third kappa shape index (κ3) is 5.74. The van der Waals surface area contributed by atoms with E-state index in [1.807, 2.05) is 0 Å². The SMILES string of the molecule is O=S(=O)(NCC1CCN(CC(F)(F)F)CC1)c1ccccc1Br. The van der Waals surface area contributed by atoms with E-state index >= 15 is 0 Å². The van der Waals surface area contributed by atoms with Crippen molar-refractivity contribution in [3.63, 3.8) is 0 Å². The topological polar surface area (TPSA) is 49.4 Å². The zero-order chi connectivity index (χ0) is 17.1. The van der Waals surface area contributed by atoms with Gasteiger partial charge in [0.1, 0.15) is 0 Å². The molecule has 0 amide bonds. The van der Waals surface area contributed by atoms with Crippen molar-refractivity contribution in [1.82, 2.24) is 9.62 Å². The van der Waals surface area contributed by atoms with Gasteiger partial charge in [-0.25, -0.2) is 13.1 Å². The third-order valence-corrected chi connectivity index (χ3v) is 6.23. The highest BCUT2D eigenvalue weighted by Gasteiger charge is 2.32. The molecule has 0 aliphatic carbocycles. The lowest BCUT2D eigenvalue weighted by molar-refractivity contribution is -0.148. The number of nitrogens with one attached hydrogen (secondary N) is 1. The Kier molecular flexibility index (Phi) is 6.10. The maximum atomic E-state index is 12.3. The molecule has 4 nitrogen and oxygen atoms in total. The second-order valence-electron chi connectivity index (χ2n) is 5.62. The number of rotatable bonds is 5. The molecule has 0 saturated carbocycles. The molecule has 2 rings (SSSR count). The Morgan fingerprint density at radius 3 is 2.39 bits per heavy atom. The minimum Gasteiger partial charge on any atom is -0.295 e. The van der Waals surface area contributed by atoms with Crippen molar-refractivity contribution in [3.05, 3.63) is 28.7 Å². The maximum Gasteiger partial charge on any atom is 0.401 e. The van der Waals surface area contributed by atoms with Crippen LogP contribution >= 0.6 is 15.9 Å². The first kappa shape index (κ1) is 18.7. The minimum absolute atomic E-state index is 0.0525. The van der Waals surface area contributed by atoms with Gasteiger partial charge in [0.2, 0.25) is 10.0 Å². The van der Waals surface area contributed by atoms with E-state index in [0.29, 0.717) is 30.4 Å². The molecule has 1 saturated heterocycles. The van der Waals surface area contributed by atoms with Gasteiger partial charge < -0.3 is 0 Å².